The van der Waals surface area contributed by atoms with E-state index >= 15 is 0 Å². The molecule has 0 saturated heterocycles. The zero-order valence-electron chi connectivity index (χ0n) is 7.56. The molecule has 0 spiro atoms. The Kier molecular flexibility index (Phi) is 2.12. The molecule has 2 rings (SSSR count). The number of nitro groups is 1. The lowest BCUT2D eigenvalue weighted by Crippen LogP contribution is -2.08. The summed E-state index contributed by atoms with van der Waals surface area (Å²) in [7, 11) is 0. The van der Waals surface area contributed by atoms with Crippen LogP contribution in [0.4, 0.5) is 5.69 Å². The summed E-state index contributed by atoms with van der Waals surface area (Å²) in [6, 6.07) is 6.29. The summed E-state index contributed by atoms with van der Waals surface area (Å²) in [5, 5.41) is 18.5. The van der Waals surface area contributed by atoms with Crippen LogP contribution in [0.2, 0.25) is 0 Å². The fourth-order valence-electron chi connectivity index (χ4n) is 1.28. The van der Waals surface area contributed by atoms with Gasteiger partial charge in [-0.15, -0.1) is 11.3 Å². The number of benzene rings is 1. The van der Waals surface area contributed by atoms with E-state index in [4.69, 9.17) is 11.1 Å². The van der Waals surface area contributed by atoms with E-state index in [0.29, 0.717) is 4.88 Å². The van der Waals surface area contributed by atoms with Crippen molar-refractivity contribution in [3.05, 3.63) is 39.3 Å². The van der Waals surface area contributed by atoms with E-state index in [9.17, 15) is 10.1 Å². The molecule has 5 nitrogen and oxygen atoms in total. The van der Waals surface area contributed by atoms with Crippen LogP contribution in [0.3, 0.4) is 0 Å². The number of hydrogen-bond donors (Lipinski definition) is 2. The third-order valence-corrected chi connectivity index (χ3v) is 3.13. The zero-order chi connectivity index (χ0) is 11.0. The van der Waals surface area contributed by atoms with Crippen LogP contribution in [0.5, 0.6) is 0 Å². The van der Waals surface area contributed by atoms with Gasteiger partial charge < -0.3 is 5.73 Å². The van der Waals surface area contributed by atoms with Crippen molar-refractivity contribution in [3.8, 4) is 0 Å². The van der Waals surface area contributed by atoms with Crippen molar-refractivity contribution in [1.82, 2.24) is 0 Å². The second-order valence-corrected chi connectivity index (χ2v) is 4.09. The number of nitrogens with two attached hydrogens (primary N) is 1. The molecule has 0 unspecified atom stereocenters. The van der Waals surface area contributed by atoms with Gasteiger partial charge in [-0.25, -0.2) is 0 Å². The van der Waals surface area contributed by atoms with Gasteiger partial charge in [-0.3, -0.25) is 15.5 Å². The van der Waals surface area contributed by atoms with E-state index in [1.807, 2.05) is 0 Å². The van der Waals surface area contributed by atoms with Crippen molar-refractivity contribution in [1.29, 1.82) is 5.41 Å². The second-order valence-electron chi connectivity index (χ2n) is 3.00. The molecular formula is C9H7N3O2S. The maximum absolute atomic E-state index is 10.5. The molecule has 0 bridgehead atoms. The summed E-state index contributed by atoms with van der Waals surface area (Å²) in [6.45, 7) is 0. The quantitative estimate of drug-likeness (QED) is 0.352. The molecule has 2 aromatic rings. The molecule has 15 heavy (non-hydrogen) atoms. The molecule has 76 valence electrons. The molecule has 0 saturated carbocycles. The molecule has 1 aromatic heterocycles. The van der Waals surface area contributed by atoms with Crippen LogP contribution in [0.15, 0.2) is 24.3 Å². The molecule has 0 radical (unpaired) electrons. The smallest absolute Gasteiger partial charge is 0.270 e. The van der Waals surface area contributed by atoms with Gasteiger partial charge in [0.2, 0.25) is 0 Å². The van der Waals surface area contributed by atoms with Crippen molar-refractivity contribution < 1.29 is 4.92 Å². The van der Waals surface area contributed by atoms with Gasteiger partial charge in [0.1, 0.15) is 5.84 Å². The fourth-order valence-corrected chi connectivity index (χ4v) is 2.18. The number of nitrogen functional groups attached to an aromatic ring is 1. The molecule has 0 atom stereocenters. The number of non-ortho nitro benzene ring substituents is 1. The second kappa shape index (κ2) is 3.32. The zero-order valence-corrected chi connectivity index (χ0v) is 8.38. The Morgan fingerprint density at radius 1 is 1.47 bits per heavy atom. The van der Waals surface area contributed by atoms with Gasteiger partial charge in [0.15, 0.2) is 0 Å². The minimum Gasteiger partial charge on any atom is -0.383 e. The minimum absolute atomic E-state index is 0.0150. The number of nitrogens with one attached hydrogen (secondary N) is 1. The summed E-state index contributed by atoms with van der Waals surface area (Å²) in [5.41, 5.74) is 5.39. The Bertz CT molecular complexity index is 549. The number of amidine groups is 1. The SMILES string of the molecule is N=C(N)c1cc2cc([N+](=O)[O-])ccc2s1. The Balaban J connectivity index is 2.62. The van der Waals surface area contributed by atoms with Gasteiger partial charge >= 0.3 is 0 Å². The van der Waals surface area contributed by atoms with Crippen molar-refractivity contribution in [3.63, 3.8) is 0 Å². The largest absolute Gasteiger partial charge is 0.383 e. The first kappa shape index (κ1) is 9.60. The molecule has 1 heterocycles. The molecule has 0 aliphatic heterocycles. The Labute approximate surface area is 88.8 Å². The fraction of sp³-hybridized carbons (Fsp3) is 0. The van der Waals surface area contributed by atoms with Crippen LogP contribution in [0.25, 0.3) is 10.1 Å². The van der Waals surface area contributed by atoms with Crippen molar-refractivity contribution in [2.24, 2.45) is 5.73 Å². The summed E-state index contributed by atoms with van der Waals surface area (Å²) in [5.74, 6) is -0.0150. The number of nitrogens with zero attached hydrogens (tertiary/aromatic N) is 1. The summed E-state index contributed by atoms with van der Waals surface area (Å²) in [6.07, 6.45) is 0. The first-order chi connectivity index (χ1) is 7.08. The number of thiophene rings is 1. The molecule has 0 amide bonds. The summed E-state index contributed by atoms with van der Waals surface area (Å²) >= 11 is 1.35. The maximum atomic E-state index is 10.5. The van der Waals surface area contributed by atoms with Gasteiger partial charge in [0, 0.05) is 22.2 Å². The van der Waals surface area contributed by atoms with Gasteiger partial charge in [0.25, 0.3) is 5.69 Å². The third kappa shape index (κ3) is 1.66. The average molecular weight is 221 g/mol. The van der Waals surface area contributed by atoms with Crippen LogP contribution in [0, 0.1) is 15.5 Å². The first-order valence-electron chi connectivity index (χ1n) is 4.10. The van der Waals surface area contributed by atoms with Gasteiger partial charge in [-0.1, -0.05) is 0 Å². The van der Waals surface area contributed by atoms with Crippen LogP contribution >= 0.6 is 11.3 Å². The molecule has 0 fully saturated rings. The van der Waals surface area contributed by atoms with Gasteiger partial charge in [-0.05, 0) is 12.1 Å². The van der Waals surface area contributed by atoms with Gasteiger partial charge in [0.05, 0.1) is 9.80 Å². The highest BCUT2D eigenvalue weighted by atomic mass is 32.1. The highest BCUT2D eigenvalue weighted by molar-refractivity contribution is 7.20. The molecule has 0 aliphatic carbocycles. The summed E-state index contributed by atoms with van der Waals surface area (Å²) in [4.78, 5) is 10.7. The predicted octanol–water partition coefficient (Wildman–Crippen LogP) is 2.09. The van der Waals surface area contributed by atoms with E-state index < -0.39 is 4.92 Å². The standard InChI is InChI=1S/C9H7N3O2S/c10-9(11)8-4-5-3-6(12(13)14)1-2-7(5)15-8/h1-4H,(H3,10,11). The number of rotatable bonds is 2. The molecule has 0 aliphatic rings. The molecule has 3 N–H and O–H groups in total. The van der Waals surface area contributed by atoms with E-state index in [2.05, 4.69) is 0 Å². The Morgan fingerprint density at radius 3 is 2.80 bits per heavy atom. The maximum Gasteiger partial charge on any atom is 0.270 e. The predicted molar refractivity (Wildman–Crippen MR) is 59.5 cm³/mol. The molecule has 1 aromatic carbocycles. The topological polar surface area (TPSA) is 93.0 Å². The average Bonchev–Trinajstić information content (AvgIpc) is 2.59. The van der Waals surface area contributed by atoms with Crippen molar-refractivity contribution in [2.45, 2.75) is 0 Å². The van der Waals surface area contributed by atoms with E-state index in [-0.39, 0.29) is 11.5 Å². The number of fused-ring (bicyclic) bond motifs is 1. The summed E-state index contributed by atoms with van der Waals surface area (Å²) < 4.78 is 0.894. The van der Waals surface area contributed by atoms with E-state index in [1.54, 1.807) is 12.1 Å². The van der Waals surface area contributed by atoms with Crippen LogP contribution in [-0.4, -0.2) is 10.8 Å². The Hall–Kier alpha value is -1.95. The van der Waals surface area contributed by atoms with Crippen molar-refractivity contribution >= 4 is 32.9 Å². The first-order valence-corrected chi connectivity index (χ1v) is 4.92. The van der Waals surface area contributed by atoms with Crippen LogP contribution < -0.4 is 5.73 Å². The Morgan fingerprint density at radius 2 is 2.20 bits per heavy atom. The van der Waals surface area contributed by atoms with Crippen LogP contribution in [0.1, 0.15) is 4.88 Å². The van der Waals surface area contributed by atoms with E-state index in [0.717, 1.165) is 10.1 Å². The van der Waals surface area contributed by atoms with Crippen molar-refractivity contribution in [2.75, 3.05) is 0 Å². The van der Waals surface area contributed by atoms with Gasteiger partial charge in [-0.2, -0.15) is 0 Å². The minimum atomic E-state index is -0.440. The lowest BCUT2D eigenvalue weighted by molar-refractivity contribution is -0.384. The highest BCUT2D eigenvalue weighted by Gasteiger charge is 2.09. The molecule has 6 heteroatoms. The third-order valence-electron chi connectivity index (χ3n) is 1.98. The lowest BCUT2D eigenvalue weighted by atomic mass is 10.2. The monoisotopic (exact) mass is 221 g/mol. The highest BCUT2D eigenvalue weighted by Crippen LogP contribution is 2.28. The lowest BCUT2D eigenvalue weighted by Gasteiger charge is -1.89. The number of hydrogen-bond acceptors (Lipinski definition) is 4. The van der Waals surface area contributed by atoms with E-state index in [1.165, 1.54) is 23.5 Å². The van der Waals surface area contributed by atoms with Crippen LogP contribution in [-0.2, 0) is 0 Å². The molecular weight excluding hydrogens is 214 g/mol. The normalized spacial score (nSPS) is 10.4. The number of nitro benzene ring substituents is 1.